The Balaban J connectivity index is 1.33. The summed E-state index contributed by atoms with van der Waals surface area (Å²) in [5.74, 6) is 0.695. The highest BCUT2D eigenvalue weighted by molar-refractivity contribution is 6.08. The maximum atomic E-state index is 13.2. The maximum Gasteiger partial charge on any atom is 0.212 e. The van der Waals surface area contributed by atoms with Gasteiger partial charge in [-0.1, -0.05) is 78.9 Å². The molecule has 1 aliphatic rings. The summed E-state index contributed by atoms with van der Waals surface area (Å²) in [5, 5.41) is 3.58. The highest BCUT2D eigenvalue weighted by atomic mass is 16.1. The fraction of sp³-hybridized carbons (Fsp3) is 0.138. The third-order valence-corrected chi connectivity index (χ3v) is 5.96. The third kappa shape index (κ3) is 5.11. The molecular weight excluding hydrogens is 420 g/mol. The zero-order valence-electron chi connectivity index (χ0n) is 18.8. The number of ketones is 1. The van der Waals surface area contributed by atoms with E-state index in [4.69, 9.17) is 4.98 Å². The molecule has 0 amide bonds. The molecule has 34 heavy (non-hydrogen) atoms. The monoisotopic (exact) mass is 446 g/mol. The average Bonchev–Trinajstić information content (AvgIpc) is 2.93. The molecule has 5 heteroatoms. The second-order valence-corrected chi connectivity index (χ2v) is 8.32. The van der Waals surface area contributed by atoms with Crippen molar-refractivity contribution in [1.82, 2.24) is 15.3 Å². The first-order chi connectivity index (χ1) is 16.8. The summed E-state index contributed by atoms with van der Waals surface area (Å²) < 4.78 is 0. The minimum atomic E-state index is -0.126. The van der Waals surface area contributed by atoms with Gasteiger partial charge in [0.25, 0.3) is 0 Å². The topological polar surface area (TPSA) is 58.1 Å². The van der Waals surface area contributed by atoms with Crippen molar-refractivity contribution in [2.75, 3.05) is 24.5 Å². The minimum absolute atomic E-state index is 0.126. The summed E-state index contributed by atoms with van der Waals surface area (Å²) in [4.78, 5) is 24.5. The fourth-order valence-electron chi connectivity index (χ4n) is 4.17. The lowest BCUT2D eigenvalue weighted by molar-refractivity contribution is 0.103. The molecule has 1 aliphatic heterocycles. The van der Waals surface area contributed by atoms with E-state index in [0.717, 1.165) is 36.6 Å². The second kappa shape index (κ2) is 10.2. The van der Waals surface area contributed by atoms with Gasteiger partial charge in [-0.3, -0.25) is 9.78 Å². The third-order valence-electron chi connectivity index (χ3n) is 5.96. The molecule has 168 valence electrons. The highest BCUT2D eigenvalue weighted by Gasteiger charge is 2.22. The number of piperazine rings is 1. The number of carbonyl (C=O) groups excluding carboxylic acids is 1. The van der Waals surface area contributed by atoms with Gasteiger partial charge in [-0.2, -0.15) is 0 Å². The Morgan fingerprint density at radius 3 is 2.47 bits per heavy atom. The Labute approximate surface area is 199 Å². The summed E-state index contributed by atoms with van der Waals surface area (Å²) >= 11 is 0. The molecule has 5 nitrogen and oxygen atoms in total. The smallest absolute Gasteiger partial charge is 0.212 e. The lowest BCUT2D eigenvalue weighted by Crippen LogP contribution is -2.46. The molecule has 4 aromatic rings. The van der Waals surface area contributed by atoms with E-state index in [2.05, 4.69) is 39.5 Å². The van der Waals surface area contributed by atoms with Crippen molar-refractivity contribution in [1.29, 1.82) is 0 Å². The molecule has 0 aliphatic carbocycles. The highest BCUT2D eigenvalue weighted by Crippen LogP contribution is 2.22. The van der Waals surface area contributed by atoms with E-state index >= 15 is 0 Å². The number of hydrogen-bond acceptors (Lipinski definition) is 5. The van der Waals surface area contributed by atoms with Gasteiger partial charge in [0.05, 0.1) is 0 Å². The Kier molecular flexibility index (Phi) is 6.54. The van der Waals surface area contributed by atoms with Gasteiger partial charge < -0.3 is 10.2 Å². The number of carbonyl (C=O) groups is 1. The van der Waals surface area contributed by atoms with E-state index in [-0.39, 0.29) is 11.8 Å². The van der Waals surface area contributed by atoms with Crippen LogP contribution in [0.3, 0.4) is 0 Å². The number of pyridine rings is 2. The van der Waals surface area contributed by atoms with Gasteiger partial charge in [0.1, 0.15) is 11.5 Å². The lowest BCUT2D eigenvalue weighted by Gasteiger charge is -2.35. The molecule has 0 spiro atoms. The van der Waals surface area contributed by atoms with Gasteiger partial charge in [0.15, 0.2) is 0 Å². The predicted molar refractivity (Wildman–Crippen MR) is 137 cm³/mol. The van der Waals surface area contributed by atoms with E-state index in [9.17, 15) is 4.79 Å². The maximum absolute atomic E-state index is 13.2. The van der Waals surface area contributed by atoms with Crippen LogP contribution in [0.4, 0.5) is 5.82 Å². The van der Waals surface area contributed by atoms with Crippen molar-refractivity contribution in [2.24, 2.45) is 0 Å². The number of aromatic nitrogens is 2. The molecule has 0 saturated carbocycles. The Hall–Kier alpha value is -4.09. The molecule has 1 N–H and O–H groups in total. The van der Waals surface area contributed by atoms with Crippen molar-refractivity contribution in [3.8, 4) is 0 Å². The van der Waals surface area contributed by atoms with Gasteiger partial charge in [-0.05, 0) is 34.9 Å². The molecule has 1 fully saturated rings. The van der Waals surface area contributed by atoms with Crippen LogP contribution in [-0.4, -0.2) is 35.4 Å². The summed E-state index contributed by atoms with van der Waals surface area (Å²) in [6.07, 6.45) is 7.34. The van der Waals surface area contributed by atoms with Crippen LogP contribution in [0.15, 0.2) is 97.3 Å². The number of nitrogens with zero attached hydrogens (tertiary/aromatic N) is 3. The van der Waals surface area contributed by atoms with Crippen molar-refractivity contribution < 1.29 is 4.79 Å². The van der Waals surface area contributed by atoms with E-state index in [1.54, 1.807) is 18.5 Å². The predicted octanol–water partition coefficient (Wildman–Crippen LogP) is 5.03. The van der Waals surface area contributed by atoms with E-state index in [1.807, 2.05) is 66.7 Å². The Bertz CT molecular complexity index is 1290. The summed E-state index contributed by atoms with van der Waals surface area (Å²) in [5.41, 5.74) is 4.18. The molecule has 2 aromatic heterocycles. The van der Waals surface area contributed by atoms with Crippen molar-refractivity contribution in [2.45, 2.75) is 6.04 Å². The van der Waals surface area contributed by atoms with Gasteiger partial charge in [-0.25, -0.2) is 4.98 Å². The Morgan fingerprint density at radius 1 is 0.882 bits per heavy atom. The first kappa shape index (κ1) is 21.7. The van der Waals surface area contributed by atoms with E-state index in [0.29, 0.717) is 11.3 Å². The van der Waals surface area contributed by atoms with Crippen molar-refractivity contribution in [3.63, 3.8) is 0 Å². The molecule has 1 saturated heterocycles. The van der Waals surface area contributed by atoms with Gasteiger partial charge in [-0.15, -0.1) is 0 Å². The molecular formula is C29H26N4O. The van der Waals surface area contributed by atoms with E-state index < -0.39 is 0 Å². The van der Waals surface area contributed by atoms with Gasteiger partial charge in [0, 0.05) is 43.6 Å². The largest absolute Gasteiger partial charge is 0.353 e. The first-order valence-corrected chi connectivity index (χ1v) is 11.5. The lowest BCUT2D eigenvalue weighted by atomic mass is 10.0. The van der Waals surface area contributed by atoms with Crippen LogP contribution in [0.25, 0.3) is 12.2 Å². The van der Waals surface area contributed by atoms with Gasteiger partial charge in [0.2, 0.25) is 5.78 Å². The van der Waals surface area contributed by atoms with E-state index in [1.165, 1.54) is 5.56 Å². The minimum Gasteiger partial charge on any atom is -0.353 e. The zero-order chi connectivity index (χ0) is 23.2. The summed E-state index contributed by atoms with van der Waals surface area (Å²) in [6.45, 7) is 2.50. The fourth-order valence-corrected chi connectivity index (χ4v) is 4.17. The van der Waals surface area contributed by atoms with Crippen LogP contribution in [0.2, 0.25) is 0 Å². The normalized spacial score (nSPS) is 16.0. The quantitative estimate of drug-likeness (QED) is 0.421. The SMILES string of the molecule is O=C(c1cncc(C=Cc2ccccc2)c1)c1cccc(N2CCNC(c3ccccc3)C2)n1. The van der Waals surface area contributed by atoms with Crippen LogP contribution >= 0.6 is 0 Å². The molecule has 2 aromatic carbocycles. The van der Waals surface area contributed by atoms with Crippen LogP contribution in [0.1, 0.15) is 38.8 Å². The molecule has 1 unspecified atom stereocenters. The molecule has 3 heterocycles. The van der Waals surface area contributed by atoms with Crippen LogP contribution in [-0.2, 0) is 0 Å². The number of benzene rings is 2. The summed E-state index contributed by atoms with van der Waals surface area (Å²) in [6, 6.07) is 28.2. The standard InChI is InChI=1S/C29H26N4O/c34-29(25-18-23(19-30-20-25)15-14-22-8-3-1-4-9-22)26-12-7-13-28(32-26)33-17-16-31-27(21-33)24-10-5-2-6-11-24/h1-15,18-20,27,31H,16-17,21H2. The summed E-state index contributed by atoms with van der Waals surface area (Å²) in [7, 11) is 0. The molecule has 5 rings (SSSR count). The molecule has 0 bridgehead atoms. The molecule has 1 atom stereocenters. The zero-order valence-corrected chi connectivity index (χ0v) is 18.8. The first-order valence-electron chi connectivity index (χ1n) is 11.5. The van der Waals surface area contributed by atoms with Gasteiger partial charge >= 0.3 is 0 Å². The number of rotatable bonds is 6. The molecule has 0 radical (unpaired) electrons. The van der Waals surface area contributed by atoms with Crippen LogP contribution < -0.4 is 10.2 Å². The van der Waals surface area contributed by atoms with Crippen LogP contribution in [0, 0.1) is 0 Å². The number of nitrogens with one attached hydrogen (secondary N) is 1. The average molecular weight is 447 g/mol. The second-order valence-electron chi connectivity index (χ2n) is 8.32. The number of hydrogen-bond donors (Lipinski definition) is 1. The van der Waals surface area contributed by atoms with Crippen LogP contribution in [0.5, 0.6) is 0 Å². The Morgan fingerprint density at radius 2 is 1.65 bits per heavy atom. The van der Waals surface area contributed by atoms with Crippen molar-refractivity contribution >= 4 is 23.8 Å². The van der Waals surface area contributed by atoms with Crippen molar-refractivity contribution in [3.05, 3.63) is 125 Å². The number of anilines is 1.